The zero-order valence-electron chi connectivity index (χ0n) is 15.2. The molecule has 1 heterocycles. The van der Waals surface area contributed by atoms with Crippen LogP contribution >= 0.6 is 23.2 Å². The zero-order valence-corrected chi connectivity index (χ0v) is 16.8. The van der Waals surface area contributed by atoms with Gasteiger partial charge in [-0.3, -0.25) is 0 Å². The molecule has 152 valence electrons. The summed E-state index contributed by atoms with van der Waals surface area (Å²) in [6, 6.07) is 11.8. The molecule has 3 aromatic rings. The lowest BCUT2D eigenvalue weighted by Gasteiger charge is -2.13. The molecule has 3 rings (SSSR count). The Bertz CT molecular complexity index is 1180. The van der Waals surface area contributed by atoms with E-state index in [1.165, 1.54) is 30.3 Å². The molecule has 0 spiro atoms. The molecule has 5 N–H and O–H groups in total. The molecule has 0 fully saturated rings. The van der Waals surface area contributed by atoms with Crippen LogP contribution in [-0.2, 0) is 0 Å². The second-order valence-corrected chi connectivity index (χ2v) is 6.86. The molecule has 0 unspecified atom stereocenters. The maximum Gasteiger partial charge on any atom is 0.152 e. The maximum absolute atomic E-state index is 14.3. The minimum atomic E-state index is -0.785. The minimum absolute atomic E-state index is 0.0197. The molecule has 0 bridgehead atoms. The zero-order chi connectivity index (χ0) is 21.8. The molecule has 0 amide bonds. The number of halogens is 3. The predicted octanol–water partition coefficient (Wildman–Crippen LogP) is 4.80. The van der Waals surface area contributed by atoms with Crippen molar-refractivity contribution in [3.05, 3.63) is 69.5 Å². The monoisotopic (exact) mass is 445 g/mol. The van der Waals surface area contributed by atoms with Gasteiger partial charge in [-0.2, -0.15) is 5.26 Å². The highest BCUT2D eigenvalue weighted by Gasteiger charge is 2.15. The van der Waals surface area contributed by atoms with Gasteiger partial charge in [0.25, 0.3) is 0 Å². The Morgan fingerprint density at radius 1 is 1.13 bits per heavy atom. The van der Waals surface area contributed by atoms with Gasteiger partial charge in [0.1, 0.15) is 40.6 Å². The molecule has 0 aliphatic rings. The minimum Gasteiger partial charge on any atom is -0.487 e. The van der Waals surface area contributed by atoms with Crippen LogP contribution in [0.1, 0.15) is 11.1 Å². The third-order valence-electron chi connectivity index (χ3n) is 3.85. The number of hydrogen-bond acceptors (Lipinski definition) is 7. The first-order chi connectivity index (χ1) is 14.3. The van der Waals surface area contributed by atoms with Crippen molar-refractivity contribution in [3.63, 3.8) is 0 Å². The van der Waals surface area contributed by atoms with Gasteiger partial charge in [0.15, 0.2) is 5.75 Å². The largest absolute Gasteiger partial charge is 0.487 e. The number of pyridine rings is 1. The van der Waals surface area contributed by atoms with Gasteiger partial charge in [-0.25, -0.2) is 9.37 Å². The van der Waals surface area contributed by atoms with Crippen LogP contribution in [0.3, 0.4) is 0 Å². The summed E-state index contributed by atoms with van der Waals surface area (Å²) in [4.78, 5) is 3.89. The molecule has 30 heavy (non-hydrogen) atoms. The van der Waals surface area contributed by atoms with Crippen LogP contribution in [0.15, 0.2) is 42.5 Å². The highest BCUT2D eigenvalue weighted by molar-refractivity contribution is 6.32. The van der Waals surface area contributed by atoms with E-state index in [9.17, 15) is 4.39 Å². The highest BCUT2D eigenvalue weighted by Crippen LogP contribution is 2.36. The maximum atomic E-state index is 14.3. The van der Waals surface area contributed by atoms with Gasteiger partial charge in [0.2, 0.25) is 0 Å². The molecular weight excluding hydrogens is 432 g/mol. The normalized spacial score (nSPS) is 10.3. The molecule has 0 aliphatic heterocycles. The quantitative estimate of drug-likeness (QED) is 0.466. The first-order valence-corrected chi connectivity index (χ1v) is 9.12. The van der Waals surface area contributed by atoms with E-state index in [2.05, 4.69) is 4.98 Å². The summed E-state index contributed by atoms with van der Waals surface area (Å²) in [5.41, 5.74) is 11.9. The van der Waals surface area contributed by atoms with Crippen molar-refractivity contribution in [1.29, 1.82) is 10.7 Å². The van der Waals surface area contributed by atoms with Gasteiger partial charge in [0.05, 0.1) is 17.3 Å². The smallest absolute Gasteiger partial charge is 0.152 e. The second kappa shape index (κ2) is 8.86. The molecule has 0 aliphatic carbocycles. The number of benzene rings is 2. The van der Waals surface area contributed by atoms with Crippen LogP contribution in [0, 0.1) is 22.6 Å². The average molecular weight is 446 g/mol. The molecule has 0 saturated heterocycles. The van der Waals surface area contributed by atoms with Crippen LogP contribution in [-0.4, -0.2) is 17.3 Å². The van der Waals surface area contributed by atoms with Gasteiger partial charge < -0.3 is 26.4 Å². The van der Waals surface area contributed by atoms with Crippen LogP contribution in [0.25, 0.3) is 0 Å². The predicted molar refractivity (Wildman–Crippen MR) is 113 cm³/mol. The van der Waals surface area contributed by atoms with E-state index in [4.69, 9.17) is 54.8 Å². The number of aromatic nitrogens is 1. The molecule has 1 aromatic heterocycles. The Labute approximate surface area is 181 Å². The van der Waals surface area contributed by atoms with Crippen molar-refractivity contribution in [2.75, 3.05) is 18.1 Å². The average Bonchev–Trinajstić information content (AvgIpc) is 2.69. The molecule has 7 nitrogen and oxygen atoms in total. The lowest BCUT2D eigenvalue weighted by atomic mass is 10.1. The lowest BCUT2D eigenvalue weighted by molar-refractivity contribution is 0.369. The summed E-state index contributed by atoms with van der Waals surface area (Å²) in [7, 11) is 0. The molecule has 0 radical (unpaired) electrons. The SMILES string of the molecule is N#Cc1cc(Cl)cc(Oc2cc(OCC(=N)c3ccc(N)nc3N)cc(F)c2Cl)c1. The Morgan fingerprint density at radius 3 is 2.60 bits per heavy atom. The summed E-state index contributed by atoms with van der Waals surface area (Å²) in [6.45, 7) is -0.216. The van der Waals surface area contributed by atoms with Gasteiger partial charge in [0, 0.05) is 22.7 Å². The third-order valence-corrected chi connectivity index (χ3v) is 4.44. The Balaban J connectivity index is 1.80. The van der Waals surface area contributed by atoms with Crippen molar-refractivity contribution in [1.82, 2.24) is 4.98 Å². The van der Waals surface area contributed by atoms with Gasteiger partial charge in [-0.05, 0) is 30.3 Å². The summed E-state index contributed by atoms with van der Waals surface area (Å²) in [5, 5.41) is 17.1. The van der Waals surface area contributed by atoms with E-state index >= 15 is 0 Å². The van der Waals surface area contributed by atoms with E-state index in [0.717, 1.165) is 6.07 Å². The molecule has 10 heteroatoms. The number of nitrogens with one attached hydrogen (secondary N) is 1. The number of nitrogen functional groups attached to an aromatic ring is 2. The number of nitrogens with two attached hydrogens (primary N) is 2. The van der Waals surface area contributed by atoms with Crippen molar-refractivity contribution in [3.8, 4) is 23.3 Å². The fourth-order valence-electron chi connectivity index (χ4n) is 2.49. The number of ether oxygens (including phenoxy) is 2. The number of nitrogens with zero attached hydrogens (tertiary/aromatic N) is 2. The first-order valence-electron chi connectivity index (χ1n) is 8.37. The van der Waals surface area contributed by atoms with Crippen molar-refractivity contribution in [2.45, 2.75) is 0 Å². The molecule has 2 aromatic carbocycles. The summed E-state index contributed by atoms with van der Waals surface area (Å²) in [5.74, 6) is -0.242. The van der Waals surface area contributed by atoms with Crippen LogP contribution < -0.4 is 20.9 Å². The van der Waals surface area contributed by atoms with Crippen LogP contribution in [0.5, 0.6) is 17.2 Å². The van der Waals surface area contributed by atoms with Gasteiger partial charge >= 0.3 is 0 Å². The standard InChI is InChI=1S/C20H14Cl2FN5O2/c21-11-3-10(8-24)4-13(5-11)30-17-7-12(6-15(23)19(17)22)29-9-16(25)14-1-2-18(26)28-20(14)27/h1-7,25H,9H2,(H4,26,27,28). The van der Waals surface area contributed by atoms with Crippen molar-refractivity contribution < 1.29 is 13.9 Å². The third kappa shape index (κ3) is 4.89. The Hall–Kier alpha value is -3.54. The van der Waals surface area contributed by atoms with Crippen molar-refractivity contribution in [2.24, 2.45) is 0 Å². The number of rotatable bonds is 6. The van der Waals surface area contributed by atoms with Gasteiger partial charge in [-0.1, -0.05) is 23.2 Å². The van der Waals surface area contributed by atoms with E-state index in [1.807, 2.05) is 6.07 Å². The summed E-state index contributed by atoms with van der Waals surface area (Å²) >= 11 is 11.9. The fourth-order valence-corrected chi connectivity index (χ4v) is 2.86. The van der Waals surface area contributed by atoms with E-state index in [-0.39, 0.29) is 56.8 Å². The molecule has 0 saturated carbocycles. The number of hydrogen-bond donors (Lipinski definition) is 3. The van der Waals surface area contributed by atoms with Crippen molar-refractivity contribution >= 4 is 40.5 Å². The number of nitriles is 1. The molecular formula is C20H14Cl2FN5O2. The van der Waals surface area contributed by atoms with Crippen LogP contribution in [0.4, 0.5) is 16.0 Å². The topological polar surface area (TPSA) is 131 Å². The van der Waals surface area contributed by atoms with Crippen LogP contribution in [0.2, 0.25) is 10.0 Å². The Morgan fingerprint density at radius 2 is 1.90 bits per heavy atom. The summed E-state index contributed by atoms with van der Waals surface area (Å²) in [6.07, 6.45) is 0. The lowest BCUT2D eigenvalue weighted by Crippen LogP contribution is -2.15. The van der Waals surface area contributed by atoms with E-state index in [1.54, 1.807) is 6.07 Å². The molecule has 0 atom stereocenters. The first kappa shape index (κ1) is 21.2. The number of anilines is 2. The van der Waals surface area contributed by atoms with E-state index < -0.39 is 5.82 Å². The second-order valence-electron chi connectivity index (χ2n) is 6.04. The summed E-state index contributed by atoms with van der Waals surface area (Å²) < 4.78 is 25.3. The Kier molecular flexibility index (Phi) is 6.26. The van der Waals surface area contributed by atoms with E-state index in [0.29, 0.717) is 5.56 Å². The van der Waals surface area contributed by atoms with Gasteiger partial charge in [-0.15, -0.1) is 0 Å². The fraction of sp³-hybridized carbons (Fsp3) is 0.0500. The highest BCUT2D eigenvalue weighted by atomic mass is 35.5.